The minimum atomic E-state index is -3.71. The number of hydrogen-bond donors (Lipinski definition) is 1. The maximum atomic E-state index is 13.2. The van der Waals surface area contributed by atoms with Crippen LogP contribution in [0, 0.1) is 0 Å². The van der Waals surface area contributed by atoms with E-state index in [4.69, 9.17) is 0 Å². The van der Waals surface area contributed by atoms with Gasteiger partial charge in [0.25, 0.3) is 10.0 Å². The first-order valence-electron chi connectivity index (χ1n) is 10.9. The fraction of sp³-hybridized carbons (Fsp3) is 0.261. The minimum absolute atomic E-state index is 0.102. The topological polar surface area (TPSA) is 100 Å². The Labute approximate surface area is 201 Å². The van der Waals surface area contributed by atoms with Crippen molar-refractivity contribution in [1.29, 1.82) is 0 Å². The molecule has 0 bridgehead atoms. The molecule has 9 nitrogen and oxygen atoms in total. The number of carbonyl (C=O) groups is 1. The number of carbonyl (C=O) groups excluding carboxylic acids is 1. The number of para-hydroxylation sites is 1. The van der Waals surface area contributed by atoms with Crippen molar-refractivity contribution in [2.75, 3.05) is 35.8 Å². The Morgan fingerprint density at radius 3 is 2.47 bits per heavy atom. The lowest BCUT2D eigenvalue weighted by Crippen LogP contribution is -2.50. The molecule has 3 heterocycles. The highest BCUT2D eigenvalue weighted by molar-refractivity contribution is 7.93. The quantitative estimate of drug-likeness (QED) is 0.440. The van der Waals surface area contributed by atoms with E-state index in [0.29, 0.717) is 26.2 Å². The van der Waals surface area contributed by atoms with Crippen molar-refractivity contribution in [3.63, 3.8) is 0 Å². The van der Waals surface area contributed by atoms with Crippen LogP contribution in [0.15, 0.2) is 71.2 Å². The monoisotopic (exact) mass is 496 g/mol. The largest absolute Gasteiger partial charge is 0.368 e. The summed E-state index contributed by atoms with van der Waals surface area (Å²) in [6.45, 7) is 4.53. The van der Waals surface area contributed by atoms with Crippen molar-refractivity contribution in [2.24, 2.45) is 0 Å². The van der Waals surface area contributed by atoms with E-state index in [1.54, 1.807) is 24.3 Å². The molecule has 2 aromatic carbocycles. The Bertz CT molecular complexity index is 1390. The number of nitrogens with zero attached hydrogens (tertiary/aromatic N) is 5. The van der Waals surface area contributed by atoms with Gasteiger partial charge in [0, 0.05) is 43.6 Å². The molecule has 1 fully saturated rings. The first kappa shape index (κ1) is 22.4. The van der Waals surface area contributed by atoms with E-state index in [2.05, 4.69) is 19.8 Å². The molecular weight excluding hydrogens is 472 g/mol. The molecule has 176 valence electrons. The Morgan fingerprint density at radius 1 is 1.03 bits per heavy atom. The average Bonchev–Trinajstić information content (AvgIpc) is 3.53. The average molecular weight is 497 g/mol. The maximum Gasteiger partial charge on any atom is 0.263 e. The summed E-state index contributed by atoms with van der Waals surface area (Å²) in [7, 11) is -3.71. The van der Waals surface area contributed by atoms with Gasteiger partial charge in [-0.1, -0.05) is 29.5 Å². The summed E-state index contributed by atoms with van der Waals surface area (Å²) in [6.07, 6.45) is 1.97. The lowest BCUT2D eigenvalue weighted by molar-refractivity contribution is -0.134. The Morgan fingerprint density at radius 2 is 1.76 bits per heavy atom. The van der Waals surface area contributed by atoms with Crippen LogP contribution in [0.25, 0.3) is 10.9 Å². The molecule has 34 heavy (non-hydrogen) atoms. The Kier molecular flexibility index (Phi) is 5.96. The number of fused-ring (bicyclic) bond motifs is 1. The number of nitrogens with one attached hydrogen (secondary N) is 1. The maximum absolute atomic E-state index is 13.2. The molecule has 1 saturated heterocycles. The van der Waals surface area contributed by atoms with Crippen molar-refractivity contribution in [3.8, 4) is 0 Å². The number of benzene rings is 2. The number of rotatable bonds is 6. The van der Waals surface area contributed by atoms with Crippen LogP contribution in [0.5, 0.6) is 0 Å². The molecule has 0 aliphatic carbocycles. The van der Waals surface area contributed by atoms with Crippen molar-refractivity contribution < 1.29 is 13.2 Å². The van der Waals surface area contributed by atoms with E-state index < -0.39 is 10.0 Å². The van der Waals surface area contributed by atoms with E-state index in [1.807, 2.05) is 52.9 Å². The molecule has 0 saturated carbocycles. The SMILES string of the molecule is CC(C(=O)N1CCN(c2ccc(S(=O)(=O)Nc3nncs3)cc2)CC1)n1ccc2ccccc21. The predicted molar refractivity (Wildman–Crippen MR) is 133 cm³/mol. The highest BCUT2D eigenvalue weighted by atomic mass is 32.2. The van der Waals surface area contributed by atoms with E-state index >= 15 is 0 Å². The van der Waals surface area contributed by atoms with Crippen molar-refractivity contribution in [1.82, 2.24) is 19.7 Å². The van der Waals surface area contributed by atoms with Crippen LogP contribution >= 0.6 is 11.3 Å². The molecule has 2 aromatic heterocycles. The van der Waals surface area contributed by atoms with Crippen molar-refractivity contribution in [2.45, 2.75) is 17.9 Å². The second kappa shape index (κ2) is 9.07. The number of aromatic nitrogens is 3. The first-order valence-corrected chi connectivity index (χ1v) is 13.3. The third kappa shape index (κ3) is 4.36. The fourth-order valence-electron chi connectivity index (χ4n) is 4.24. The van der Waals surface area contributed by atoms with Gasteiger partial charge in [0.05, 0.1) is 4.90 Å². The van der Waals surface area contributed by atoms with Crippen LogP contribution in [0.4, 0.5) is 10.8 Å². The molecule has 1 unspecified atom stereocenters. The molecule has 1 N–H and O–H groups in total. The number of anilines is 2. The zero-order valence-electron chi connectivity index (χ0n) is 18.5. The summed E-state index contributed by atoms with van der Waals surface area (Å²) in [5.74, 6) is 0.102. The van der Waals surface area contributed by atoms with Gasteiger partial charge in [-0.25, -0.2) is 8.42 Å². The number of sulfonamides is 1. The van der Waals surface area contributed by atoms with Crippen LogP contribution in [0.3, 0.4) is 0 Å². The number of piperazine rings is 1. The summed E-state index contributed by atoms with van der Waals surface area (Å²) in [5, 5.41) is 8.71. The molecule has 5 rings (SSSR count). The summed E-state index contributed by atoms with van der Waals surface area (Å²) in [4.78, 5) is 17.4. The van der Waals surface area contributed by atoms with Gasteiger partial charge in [0.1, 0.15) is 11.6 Å². The van der Waals surface area contributed by atoms with E-state index in [1.165, 1.54) is 5.51 Å². The third-order valence-corrected chi connectivity index (χ3v) is 8.18. The molecule has 4 aromatic rings. The van der Waals surface area contributed by atoms with Crippen molar-refractivity contribution in [3.05, 3.63) is 66.3 Å². The van der Waals surface area contributed by atoms with E-state index in [-0.39, 0.29) is 22.0 Å². The summed E-state index contributed by atoms with van der Waals surface area (Å²) in [6, 6.07) is 16.6. The smallest absolute Gasteiger partial charge is 0.263 e. The predicted octanol–water partition coefficient (Wildman–Crippen LogP) is 3.20. The van der Waals surface area contributed by atoms with Crippen LogP contribution in [-0.2, 0) is 14.8 Å². The van der Waals surface area contributed by atoms with Gasteiger partial charge in [-0.3, -0.25) is 9.52 Å². The molecule has 0 spiro atoms. The Hall–Kier alpha value is -3.44. The van der Waals surface area contributed by atoms with E-state index in [0.717, 1.165) is 27.9 Å². The summed E-state index contributed by atoms with van der Waals surface area (Å²) in [5.41, 5.74) is 3.44. The van der Waals surface area contributed by atoms with Gasteiger partial charge in [-0.15, -0.1) is 10.2 Å². The molecule has 1 amide bonds. The lowest BCUT2D eigenvalue weighted by Gasteiger charge is -2.37. The van der Waals surface area contributed by atoms with E-state index in [9.17, 15) is 13.2 Å². The van der Waals surface area contributed by atoms with Gasteiger partial charge < -0.3 is 14.4 Å². The fourth-order valence-corrected chi connectivity index (χ4v) is 5.93. The highest BCUT2D eigenvalue weighted by Gasteiger charge is 2.26. The summed E-state index contributed by atoms with van der Waals surface area (Å²) >= 11 is 1.12. The zero-order valence-corrected chi connectivity index (χ0v) is 20.2. The summed E-state index contributed by atoms with van der Waals surface area (Å²) < 4.78 is 29.5. The molecule has 1 aliphatic heterocycles. The minimum Gasteiger partial charge on any atom is -0.368 e. The standard InChI is InChI=1S/C23H24N6O3S2/c1-17(29-11-10-18-4-2-3-5-21(18)29)22(30)28-14-12-27(13-15-28)19-6-8-20(9-7-19)34(31,32)26-23-25-24-16-33-23/h2-11,16-17H,12-15H2,1H3,(H,25,26). The zero-order chi connectivity index (χ0) is 23.7. The van der Waals surface area contributed by atoms with Crippen LogP contribution in [-0.4, -0.2) is 60.2 Å². The van der Waals surface area contributed by atoms with Crippen LogP contribution in [0.2, 0.25) is 0 Å². The van der Waals surface area contributed by atoms with Gasteiger partial charge >= 0.3 is 0 Å². The Balaban J connectivity index is 1.21. The van der Waals surface area contributed by atoms with Gasteiger partial charge in [-0.05, 0) is 48.7 Å². The molecule has 1 aliphatic rings. The highest BCUT2D eigenvalue weighted by Crippen LogP contribution is 2.24. The van der Waals surface area contributed by atoms with Crippen molar-refractivity contribution >= 4 is 49.0 Å². The first-order chi connectivity index (χ1) is 16.4. The van der Waals surface area contributed by atoms with Crippen LogP contribution in [0.1, 0.15) is 13.0 Å². The third-order valence-electron chi connectivity index (χ3n) is 6.09. The number of amides is 1. The lowest BCUT2D eigenvalue weighted by atomic mass is 10.2. The number of hydrogen-bond acceptors (Lipinski definition) is 7. The normalized spacial score (nSPS) is 15.4. The second-order valence-corrected chi connectivity index (χ2v) is 10.6. The van der Waals surface area contributed by atoms with Gasteiger partial charge in [0.2, 0.25) is 11.0 Å². The molecular formula is C23H24N6O3S2. The molecule has 0 radical (unpaired) electrons. The molecule has 11 heteroatoms. The molecule has 1 atom stereocenters. The van der Waals surface area contributed by atoms with Gasteiger partial charge in [-0.2, -0.15) is 0 Å². The van der Waals surface area contributed by atoms with Gasteiger partial charge in [0.15, 0.2) is 0 Å². The van der Waals surface area contributed by atoms with Crippen LogP contribution < -0.4 is 9.62 Å². The second-order valence-electron chi connectivity index (χ2n) is 8.11.